The van der Waals surface area contributed by atoms with E-state index in [4.69, 9.17) is 11.6 Å². The number of benzene rings is 2. The van der Waals surface area contributed by atoms with Crippen LogP contribution in [-0.4, -0.2) is 14.3 Å². The quantitative estimate of drug-likeness (QED) is 0.855. The van der Waals surface area contributed by atoms with E-state index in [0.29, 0.717) is 22.0 Å². The Hall–Kier alpha value is -2.11. The molecule has 0 aliphatic carbocycles. The first-order valence-corrected chi connectivity index (χ1v) is 9.27. The molecule has 0 bridgehead atoms. The van der Waals surface area contributed by atoms with Crippen LogP contribution in [0.15, 0.2) is 52.4 Å². The first-order valence-electron chi connectivity index (χ1n) is 7.45. The molecule has 0 radical (unpaired) electrons. The number of sulfonamides is 1. The molecule has 0 aromatic heterocycles. The summed E-state index contributed by atoms with van der Waals surface area (Å²) in [5.74, 6) is 0.355. The van der Waals surface area contributed by atoms with Crippen LogP contribution < -0.4 is 5.32 Å². The maximum Gasteiger partial charge on any atom is 0.285 e. The van der Waals surface area contributed by atoms with Crippen LogP contribution in [0, 0.1) is 13.8 Å². The molecule has 6 heteroatoms. The van der Waals surface area contributed by atoms with Crippen LogP contribution in [0.2, 0.25) is 5.02 Å². The minimum atomic E-state index is -3.73. The normalized spacial score (nSPS) is 16.2. The van der Waals surface area contributed by atoms with Gasteiger partial charge in [-0.15, -0.1) is 4.40 Å². The molecule has 3 rings (SSSR count). The van der Waals surface area contributed by atoms with E-state index in [0.717, 1.165) is 16.8 Å². The third-order valence-electron chi connectivity index (χ3n) is 4.13. The highest BCUT2D eigenvalue weighted by Gasteiger charge is 2.31. The average Bonchev–Trinajstić information content (AvgIpc) is 2.74. The van der Waals surface area contributed by atoms with Crippen LogP contribution in [0.5, 0.6) is 0 Å². The lowest BCUT2D eigenvalue weighted by atomic mass is 10.1. The Balaban J connectivity index is 2.04. The number of aryl methyl sites for hydroxylation is 1. The van der Waals surface area contributed by atoms with Gasteiger partial charge >= 0.3 is 0 Å². The molecule has 4 nitrogen and oxygen atoms in total. The predicted molar refractivity (Wildman–Crippen MR) is 99.9 cm³/mol. The highest BCUT2D eigenvalue weighted by molar-refractivity contribution is 8.00. The maximum atomic E-state index is 12.5. The molecule has 0 saturated heterocycles. The average molecular weight is 361 g/mol. The lowest BCUT2D eigenvalue weighted by Gasteiger charge is -2.11. The van der Waals surface area contributed by atoms with E-state index in [9.17, 15) is 8.42 Å². The summed E-state index contributed by atoms with van der Waals surface area (Å²) in [5, 5.41) is 3.71. The zero-order valence-corrected chi connectivity index (χ0v) is 15.2. The molecule has 2 aromatic carbocycles. The van der Waals surface area contributed by atoms with Gasteiger partial charge in [0, 0.05) is 16.3 Å². The lowest BCUT2D eigenvalue weighted by Crippen LogP contribution is -2.12. The summed E-state index contributed by atoms with van der Waals surface area (Å²) in [5.41, 5.74) is 4.21. The zero-order valence-electron chi connectivity index (χ0n) is 13.6. The van der Waals surface area contributed by atoms with Crippen molar-refractivity contribution in [1.82, 2.24) is 0 Å². The van der Waals surface area contributed by atoms with Gasteiger partial charge < -0.3 is 5.32 Å². The number of anilines is 1. The molecule has 1 aliphatic heterocycles. The Morgan fingerprint density at radius 1 is 1.00 bits per heavy atom. The van der Waals surface area contributed by atoms with Crippen LogP contribution in [0.1, 0.15) is 23.6 Å². The van der Waals surface area contributed by atoms with Crippen molar-refractivity contribution in [1.29, 1.82) is 0 Å². The van der Waals surface area contributed by atoms with Crippen molar-refractivity contribution in [2.24, 2.45) is 4.40 Å². The molecular weight excluding hydrogens is 344 g/mol. The van der Waals surface area contributed by atoms with Gasteiger partial charge in [0.05, 0.1) is 0 Å². The van der Waals surface area contributed by atoms with Gasteiger partial charge in [-0.1, -0.05) is 35.9 Å². The van der Waals surface area contributed by atoms with Crippen molar-refractivity contribution in [2.75, 3.05) is 5.32 Å². The van der Waals surface area contributed by atoms with E-state index in [1.54, 1.807) is 31.2 Å². The van der Waals surface area contributed by atoms with E-state index in [1.807, 2.05) is 32.0 Å². The Bertz CT molecular complexity index is 975. The molecule has 0 fully saturated rings. The molecule has 2 aromatic rings. The molecular formula is C18H17ClN2O2S. The smallest absolute Gasteiger partial charge is 0.285 e. The fourth-order valence-electron chi connectivity index (χ4n) is 2.63. The Morgan fingerprint density at radius 3 is 2.33 bits per heavy atom. The zero-order chi connectivity index (χ0) is 17.5. The molecule has 0 unspecified atom stereocenters. The number of nitrogens with zero attached hydrogens (tertiary/aromatic N) is 1. The van der Waals surface area contributed by atoms with E-state index in [2.05, 4.69) is 9.71 Å². The third-order valence-corrected chi connectivity index (χ3v) is 5.86. The molecule has 124 valence electrons. The second-order valence-electron chi connectivity index (χ2n) is 5.75. The largest absolute Gasteiger partial charge is 0.339 e. The first kappa shape index (κ1) is 16.7. The van der Waals surface area contributed by atoms with E-state index >= 15 is 0 Å². The third kappa shape index (κ3) is 2.97. The van der Waals surface area contributed by atoms with Crippen molar-refractivity contribution in [3.05, 3.63) is 69.8 Å². The summed E-state index contributed by atoms with van der Waals surface area (Å²) in [4.78, 5) is 0.215. The molecule has 24 heavy (non-hydrogen) atoms. The van der Waals surface area contributed by atoms with Crippen molar-refractivity contribution in [3.63, 3.8) is 0 Å². The summed E-state index contributed by atoms with van der Waals surface area (Å²) >= 11 is 5.89. The number of rotatable bonds is 2. The molecule has 0 amide bonds. The molecule has 0 saturated carbocycles. The van der Waals surface area contributed by atoms with Gasteiger partial charge in [-0.2, -0.15) is 8.42 Å². The maximum absolute atomic E-state index is 12.5. The molecule has 1 aliphatic rings. The summed E-state index contributed by atoms with van der Waals surface area (Å²) in [6.07, 6.45) is 0. The predicted octanol–water partition coefficient (Wildman–Crippen LogP) is 4.54. The SMILES string of the molecule is CC1=C(c2ccc(Cl)cc2)S(=O)(=O)N=C1Nc1cccc(C)c1C. The summed E-state index contributed by atoms with van der Waals surface area (Å²) in [6.45, 7) is 5.75. The van der Waals surface area contributed by atoms with Crippen LogP contribution in [0.3, 0.4) is 0 Å². The highest BCUT2D eigenvalue weighted by Crippen LogP contribution is 2.33. The fraction of sp³-hybridized carbons (Fsp3) is 0.167. The number of hydrogen-bond acceptors (Lipinski definition) is 3. The van der Waals surface area contributed by atoms with Crippen molar-refractivity contribution < 1.29 is 8.42 Å². The minimum Gasteiger partial charge on any atom is -0.339 e. The Kier molecular flexibility index (Phi) is 4.24. The van der Waals surface area contributed by atoms with Gasteiger partial charge in [-0.05, 0) is 55.7 Å². The van der Waals surface area contributed by atoms with Crippen LogP contribution in [0.25, 0.3) is 4.91 Å². The Morgan fingerprint density at radius 2 is 1.67 bits per heavy atom. The van der Waals surface area contributed by atoms with Gasteiger partial charge in [0.1, 0.15) is 10.7 Å². The van der Waals surface area contributed by atoms with Crippen LogP contribution >= 0.6 is 11.6 Å². The number of nitrogens with one attached hydrogen (secondary N) is 1. The van der Waals surface area contributed by atoms with Gasteiger partial charge in [0.2, 0.25) is 0 Å². The number of amidine groups is 1. The van der Waals surface area contributed by atoms with Gasteiger partial charge in [0.15, 0.2) is 0 Å². The van der Waals surface area contributed by atoms with E-state index < -0.39 is 10.0 Å². The topological polar surface area (TPSA) is 58.5 Å². The summed E-state index contributed by atoms with van der Waals surface area (Å²) in [6, 6.07) is 12.6. The van der Waals surface area contributed by atoms with Gasteiger partial charge in [-0.3, -0.25) is 0 Å². The standard InChI is InChI=1S/C18H17ClN2O2S/c1-11-5-4-6-16(12(11)2)20-18-13(3)17(24(22,23)21-18)14-7-9-15(19)10-8-14/h4-10H,1-3H3,(H,20,21). The number of hydrogen-bond donors (Lipinski definition) is 1. The second kappa shape index (κ2) is 6.07. The lowest BCUT2D eigenvalue weighted by molar-refractivity contribution is 0.608. The van der Waals surface area contributed by atoms with Gasteiger partial charge in [0.25, 0.3) is 10.0 Å². The molecule has 0 atom stereocenters. The van der Waals surface area contributed by atoms with Crippen molar-refractivity contribution in [2.45, 2.75) is 20.8 Å². The van der Waals surface area contributed by atoms with Gasteiger partial charge in [-0.25, -0.2) is 0 Å². The molecule has 1 N–H and O–H groups in total. The minimum absolute atomic E-state index is 0.215. The van der Waals surface area contributed by atoms with Crippen molar-refractivity contribution in [3.8, 4) is 0 Å². The summed E-state index contributed by atoms with van der Waals surface area (Å²) < 4.78 is 28.9. The van der Waals surface area contributed by atoms with E-state index in [1.165, 1.54) is 0 Å². The molecule has 1 heterocycles. The van der Waals surface area contributed by atoms with E-state index in [-0.39, 0.29) is 4.91 Å². The second-order valence-corrected chi connectivity index (χ2v) is 7.73. The number of halogens is 1. The molecule has 0 spiro atoms. The summed E-state index contributed by atoms with van der Waals surface area (Å²) in [7, 11) is -3.73. The first-order chi connectivity index (χ1) is 11.3. The fourth-order valence-corrected chi connectivity index (χ4v) is 4.19. The Labute approximate surface area is 146 Å². The highest BCUT2D eigenvalue weighted by atomic mass is 35.5. The van der Waals surface area contributed by atoms with Crippen molar-refractivity contribution >= 4 is 38.1 Å². The van der Waals surface area contributed by atoms with Crippen LogP contribution in [0.4, 0.5) is 5.69 Å². The monoisotopic (exact) mass is 360 g/mol. The van der Waals surface area contributed by atoms with Crippen LogP contribution in [-0.2, 0) is 10.0 Å².